The lowest BCUT2D eigenvalue weighted by Gasteiger charge is -2.30. The number of furan rings is 1. The summed E-state index contributed by atoms with van der Waals surface area (Å²) in [4.78, 5) is 6.81. The van der Waals surface area contributed by atoms with Crippen molar-refractivity contribution >= 4 is 34.0 Å². The molecule has 0 radical (unpaired) electrons. The van der Waals surface area contributed by atoms with Crippen LogP contribution in [0.1, 0.15) is 16.7 Å². The Morgan fingerprint density at radius 3 is 3.05 bits per heavy atom. The number of rotatable bonds is 1. The van der Waals surface area contributed by atoms with Crippen LogP contribution in [0.15, 0.2) is 64.7 Å². The van der Waals surface area contributed by atoms with Crippen LogP contribution in [0, 0.1) is 3.57 Å². The van der Waals surface area contributed by atoms with Crippen molar-refractivity contribution in [2.75, 3.05) is 6.54 Å². The lowest BCUT2D eigenvalue weighted by molar-refractivity contribution is 0.515. The summed E-state index contributed by atoms with van der Waals surface area (Å²) in [6.07, 6.45) is 10.6. The molecule has 0 saturated heterocycles. The fourth-order valence-electron chi connectivity index (χ4n) is 2.80. The van der Waals surface area contributed by atoms with E-state index in [1.807, 2.05) is 12.3 Å². The van der Waals surface area contributed by atoms with Crippen LogP contribution in [-0.4, -0.2) is 17.2 Å². The highest BCUT2D eigenvalue weighted by atomic mass is 127. The van der Waals surface area contributed by atoms with Crippen LogP contribution in [0.5, 0.6) is 0 Å². The van der Waals surface area contributed by atoms with Crippen LogP contribution in [0.25, 0.3) is 5.70 Å². The molecule has 3 heterocycles. The monoisotopic (exact) mass is 388 g/mol. The molecule has 4 heteroatoms. The van der Waals surface area contributed by atoms with E-state index in [2.05, 4.69) is 63.0 Å². The largest absolute Gasteiger partial charge is 0.472 e. The average molecular weight is 388 g/mol. The van der Waals surface area contributed by atoms with Gasteiger partial charge in [-0.05, 0) is 52.8 Å². The Morgan fingerprint density at radius 1 is 1.24 bits per heavy atom. The molecule has 104 valence electrons. The Labute approximate surface area is 136 Å². The highest BCUT2D eigenvalue weighted by molar-refractivity contribution is 14.1. The van der Waals surface area contributed by atoms with Gasteiger partial charge in [0.25, 0.3) is 0 Å². The van der Waals surface area contributed by atoms with Gasteiger partial charge in [-0.15, -0.1) is 0 Å². The van der Waals surface area contributed by atoms with Gasteiger partial charge in [0.1, 0.15) is 0 Å². The minimum Gasteiger partial charge on any atom is -0.472 e. The maximum absolute atomic E-state index is 5.18. The lowest BCUT2D eigenvalue weighted by atomic mass is 9.95. The van der Waals surface area contributed by atoms with Gasteiger partial charge in [-0.1, -0.05) is 12.1 Å². The van der Waals surface area contributed by atoms with E-state index in [0.717, 1.165) is 24.2 Å². The quantitative estimate of drug-likeness (QED) is 0.690. The van der Waals surface area contributed by atoms with Gasteiger partial charge in [0.15, 0.2) is 0 Å². The topological polar surface area (TPSA) is 28.7 Å². The van der Waals surface area contributed by atoms with Crippen molar-refractivity contribution < 1.29 is 4.42 Å². The molecule has 0 bridgehead atoms. The summed E-state index contributed by atoms with van der Waals surface area (Å²) in [5.74, 6) is 0. The summed E-state index contributed by atoms with van der Waals surface area (Å²) in [6, 6.07) is 8.43. The molecule has 0 amide bonds. The fourth-order valence-corrected chi connectivity index (χ4v) is 3.57. The number of allylic oxidation sites excluding steroid dienone is 1. The Kier molecular flexibility index (Phi) is 3.18. The first kappa shape index (κ1) is 12.9. The maximum atomic E-state index is 5.18. The number of nitrogens with zero attached hydrogens (tertiary/aromatic N) is 2. The molecule has 0 unspecified atom stereocenters. The van der Waals surface area contributed by atoms with E-state index in [9.17, 15) is 0 Å². The summed E-state index contributed by atoms with van der Waals surface area (Å²) < 4.78 is 6.52. The van der Waals surface area contributed by atoms with Crippen molar-refractivity contribution in [2.45, 2.75) is 6.42 Å². The average Bonchev–Trinajstić information content (AvgIpc) is 2.94. The third-order valence-corrected chi connectivity index (χ3v) is 4.87. The van der Waals surface area contributed by atoms with Crippen LogP contribution >= 0.6 is 22.6 Å². The maximum Gasteiger partial charge on any atom is 0.0996 e. The molecule has 1 aromatic heterocycles. The van der Waals surface area contributed by atoms with E-state index in [1.165, 1.54) is 20.4 Å². The molecule has 0 aliphatic carbocycles. The molecule has 4 rings (SSSR count). The zero-order valence-corrected chi connectivity index (χ0v) is 13.4. The minimum atomic E-state index is 0.934. The van der Waals surface area contributed by atoms with Gasteiger partial charge < -0.3 is 9.32 Å². The van der Waals surface area contributed by atoms with Crippen LogP contribution in [-0.2, 0) is 6.42 Å². The number of aliphatic imine (C=N–C) groups is 1. The molecule has 0 fully saturated rings. The van der Waals surface area contributed by atoms with E-state index in [4.69, 9.17) is 4.42 Å². The predicted molar refractivity (Wildman–Crippen MR) is 91.9 cm³/mol. The number of fused-ring (bicyclic) bond motifs is 3. The van der Waals surface area contributed by atoms with E-state index < -0.39 is 0 Å². The van der Waals surface area contributed by atoms with Crippen LogP contribution in [0.3, 0.4) is 0 Å². The second kappa shape index (κ2) is 5.18. The molecule has 0 spiro atoms. The van der Waals surface area contributed by atoms with Gasteiger partial charge in [-0.3, -0.25) is 4.99 Å². The van der Waals surface area contributed by atoms with Gasteiger partial charge in [-0.2, -0.15) is 0 Å². The van der Waals surface area contributed by atoms with Crippen LogP contribution in [0.2, 0.25) is 0 Å². The molecule has 0 N–H and O–H groups in total. The van der Waals surface area contributed by atoms with Gasteiger partial charge in [-0.25, -0.2) is 0 Å². The van der Waals surface area contributed by atoms with E-state index >= 15 is 0 Å². The van der Waals surface area contributed by atoms with E-state index in [1.54, 1.807) is 12.5 Å². The molecular formula is C17H13IN2O. The summed E-state index contributed by atoms with van der Waals surface area (Å²) in [7, 11) is 0. The third-order valence-electron chi connectivity index (χ3n) is 3.86. The standard InChI is InChI=1S/C17H13IN2O/c18-15-3-1-2-14-13(15)4-7-20-8-6-19-16(10-17(14)20)12-5-9-21-11-12/h1-3,5-6,8-11H,4,7H2. The molecule has 3 nitrogen and oxygen atoms in total. The molecule has 2 aliphatic heterocycles. The Bertz CT molecular complexity index is 772. The van der Waals surface area contributed by atoms with Crippen molar-refractivity contribution in [3.05, 3.63) is 75.5 Å². The summed E-state index contributed by atoms with van der Waals surface area (Å²) >= 11 is 2.42. The minimum absolute atomic E-state index is 0.934. The van der Waals surface area contributed by atoms with Gasteiger partial charge in [0.2, 0.25) is 0 Å². The van der Waals surface area contributed by atoms with Crippen molar-refractivity contribution in [2.24, 2.45) is 4.99 Å². The Balaban J connectivity index is 1.88. The molecule has 1 aromatic carbocycles. The zero-order valence-electron chi connectivity index (χ0n) is 11.3. The molecule has 0 saturated carbocycles. The number of benzene rings is 1. The Hall–Kier alpha value is -1.82. The normalized spacial score (nSPS) is 16.7. The van der Waals surface area contributed by atoms with Crippen molar-refractivity contribution in [1.82, 2.24) is 4.90 Å². The van der Waals surface area contributed by atoms with Crippen molar-refractivity contribution in [3.8, 4) is 0 Å². The van der Waals surface area contributed by atoms with Gasteiger partial charge in [0.05, 0.1) is 23.9 Å². The van der Waals surface area contributed by atoms with Gasteiger partial charge in [0, 0.05) is 33.6 Å². The first-order valence-electron chi connectivity index (χ1n) is 6.86. The smallest absolute Gasteiger partial charge is 0.0996 e. The summed E-state index contributed by atoms with van der Waals surface area (Å²) in [5, 5.41) is 0. The first-order valence-corrected chi connectivity index (χ1v) is 7.94. The van der Waals surface area contributed by atoms with E-state index in [-0.39, 0.29) is 0 Å². The Morgan fingerprint density at radius 2 is 2.19 bits per heavy atom. The molecule has 0 atom stereocenters. The predicted octanol–water partition coefficient (Wildman–Crippen LogP) is 4.06. The molecule has 2 aromatic rings. The van der Waals surface area contributed by atoms with Crippen LogP contribution in [0.4, 0.5) is 0 Å². The molecule has 2 aliphatic rings. The highest BCUT2D eigenvalue weighted by Gasteiger charge is 2.22. The molecular weight excluding hydrogens is 375 g/mol. The number of hydrogen-bond acceptors (Lipinski definition) is 3. The SMILES string of the molecule is Ic1cccc2c1CCN1C=CN=C(c3ccoc3)C=C21. The second-order valence-electron chi connectivity index (χ2n) is 5.06. The van der Waals surface area contributed by atoms with Crippen molar-refractivity contribution in [1.29, 1.82) is 0 Å². The van der Waals surface area contributed by atoms with Gasteiger partial charge >= 0.3 is 0 Å². The van der Waals surface area contributed by atoms with E-state index in [0.29, 0.717) is 0 Å². The first-order chi connectivity index (χ1) is 10.3. The fraction of sp³-hybridized carbons (Fsp3) is 0.118. The summed E-state index contributed by atoms with van der Waals surface area (Å²) in [6.45, 7) is 0.990. The molecule has 21 heavy (non-hydrogen) atoms. The second-order valence-corrected chi connectivity index (χ2v) is 6.23. The number of halogens is 1. The van der Waals surface area contributed by atoms with Crippen molar-refractivity contribution in [3.63, 3.8) is 0 Å². The van der Waals surface area contributed by atoms with Crippen LogP contribution < -0.4 is 0 Å². The zero-order chi connectivity index (χ0) is 14.2. The lowest BCUT2D eigenvalue weighted by Crippen LogP contribution is -2.25. The number of hydrogen-bond donors (Lipinski definition) is 0. The summed E-state index contributed by atoms with van der Waals surface area (Å²) in [5.41, 5.74) is 5.89. The highest BCUT2D eigenvalue weighted by Crippen LogP contribution is 2.33. The third kappa shape index (κ3) is 2.23.